The maximum Gasteiger partial charge on any atom is 0.229 e. The zero-order valence-electron chi connectivity index (χ0n) is 20.0. The largest absolute Gasteiger partial charge is 0.494 e. The van der Waals surface area contributed by atoms with Crippen LogP contribution in [0.15, 0.2) is 60.5 Å². The molecule has 1 amide bonds. The van der Waals surface area contributed by atoms with Crippen LogP contribution in [0.1, 0.15) is 64.1 Å². The molecular formula is C27H32Cl2N2O3. The van der Waals surface area contributed by atoms with Crippen molar-refractivity contribution in [3.05, 3.63) is 81.7 Å². The highest BCUT2D eigenvalue weighted by Crippen LogP contribution is 2.56. The lowest BCUT2D eigenvalue weighted by Crippen LogP contribution is -2.60. The molecule has 5 nitrogen and oxygen atoms in total. The van der Waals surface area contributed by atoms with Crippen molar-refractivity contribution < 1.29 is 14.7 Å². The van der Waals surface area contributed by atoms with Crippen molar-refractivity contribution in [3.8, 4) is 0 Å². The second kappa shape index (κ2) is 9.44. The summed E-state index contributed by atoms with van der Waals surface area (Å²) in [6, 6.07) is 15.1. The van der Waals surface area contributed by atoms with E-state index in [9.17, 15) is 9.90 Å². The number of benzene rings is 2. The lowest BCUT2D eigenvalue weighted by Gasteiger charge is -2.54. The third-order valence-corrected chi connectivity index (χ3v) is 8.00. The molecule has 2 N–H and O–H groups in total. The molecule has 7 heteroatoms. The molecule has 0 aromatic heterocycles. The fourth-order valence-corrected chi connectivity index (χ4v) is 6.01. The first-order valence-corrected chi connectivity index (χ1v) is 12.6. The van der Waals surface area contributed by atoms with Crippen LogP contribution in [0.25, 0.3) is 0 Å². The molecule has 0 bridgehead atoms. The van der Waals surface area contributed by atoms with Gasteiger partial charge in [-0.15, -0.1) is 0 Å². The molecule has 2 aromatic carbocycles. The van der Waals surface area contributed by atoms with Crippen molar-refractivity contribution in [2.45, 2.75) is 64.6 Å². The number of nitrogens with one attached hydrogen (secondary N) is 1. The minimum absolute atomic E-state index is 0.0715. The number of piperidine rings is 1. The van der Waals surface area contributed by atoms with Crippen molar-refractivity contribution in [1.82, 2.24) is 10.4 Å². The molecule has 1 saturated heterocycles. The number of aliphatic hydroxyl groups excluding tert-OH is 1. The monoisotopic (exact) mass is 502 g/mol. The molecule has 4 rings (SSSR count). The molecule has 2 aliphatic heterocycles. The highest BCUT2D eigenvalue weighted by molar-refractivity contribution is 6.30. The Morgan fingerprint density at radius 3 is 2.35 bits per heavy atom. The third kappa shape index (κ3) is 4.19. The quantitative estimate of drug-likeness (QED) is 0.449. The number of likely N-dealkylation sites (tertiary alicyclic amines) is 1. The van der Waals surface area contributed by atoms with Gasteiger partial charge in [0.15, 0.2) is 0 Å². The summed E-state index contributed by atoms with van der Waals surface area (Å²) >= 11 is 12.5. The predicted molar refractivity (Wildman–Crippen MR) is 135 cm³/mol. The molecule has 0 radical (unpaired) electrons. The van der Waals surface area contributed by atoms with Crippen LogP contribution in [-0.4, -0.2) is 22.0 Å². The Hall–Kier alpha value is -2.21. The molecule has 0 aliphatic carbocycles. The Bertz CT molecular complexity index is 1080. The Kier molecular flexibility index (Phi) is 6.92. The topological polar surface area (TPSA) is 61.8 Å². The minimum Gasteiger partial charge on any atom is -0.494 e. The molecular weight excluding hydrogens is 471 g/mol. The van der Waals surface area contributed by atoms with Gasteiger partial charge in [0.2, 0.25) is 11.8 Å². The zero-order chi connectivity index (χ0) is 24.7. The highest BCUT2D eigenvalue weighted by Gasteiger charge is 2.59. The predicted octanol–water partition coefficient (Wildman–Crippen LogP) is 6.93. The second-order valence-corrected chi connectivity index (χ2v) is 10.7. The first-order chi connectivity index (χ1) is 16.1. The number of amides is 1. The molecule has 2 aliphatic rings. The van der Waals surface area contributed by atoms with Gasteiger partial charge in [0.05, 0.1) is 11.5 Å². The Labute approximate surface area is 211 Å². The minimum atomic E-state index is -1.07. The van der Waals surface area contributed by atoms with Gasteiger partial charge in [0.1, 0.15) is 5.60 Å². The molecule has 0 saturated carbocycles. The average molecular weight is 503 g/mol. The summed E-state index contributed by atoms with van der Waals surface area (Å²) in [5, 5.41) is 11.6. The standard InChI is InChI=1S/C27H32Cl2N2O3/c1-5-21(6-2)31-22(17-10-12-19(28)13-11-17)15-23(26(3,4)25(31)33)27(16-24(32)30-34-27)18-8-7-9-20(29)14-18/h7-14,16,21-23,30,32H,5-6,15H2,1-4H3. The summed E-state index contributed by atoms with van der Waals surface area (Å²) in [4.78, 5) is 22.5. The number of aliphatic hydroxyl groups is 1. The van der Waals surface area contributed by atoms with Gasteiger partial charge < -0.3 is 10.0 Å². The van der Waals surface area contributed by atoms with Gasteiger partial charge in [-0.25, -0.2) is 5.48 Å². The molecule has 182 valence electrons. The highest BCUT2D eigenvalue weighted by atomic mass is 35.5. The van der Waals surface area contributed by atoms with Crippen molar-refractivity contribution in [2.24, 2.45) is 11.3 Å². The number of hydrogen-bond acceptors (Lipinski definition) is 4. The molecule has 3 atom stereocenters. The fourth-order valence-electron chi connectivity index (χ4n) is 5.70. The number of carbonyl (C=O) groups excluding carboxylic acids is 1. The molecule has 0 spiro atoms. The Morgan fingerprint density at radius 1 is 1.12 bits per heavy atom. The summed E-state index contributed by atoms with van der Waals surface area (Å²) in [5.41, 5.74) is 2.59. The molecule has 34 heavy (non-hydrogen) atoms. The smallest absolute Gasteiger partial charge is 0.229 e. The van der Waals surface area contributed by atoms with Crippen LogP contribution in [0.5, 0.6) is 0 Å². The van der Waals surface area contributed by atoms with Gasteiger partial charge >= 0.3 is 0 Å². The summed E-state index contributed by atoms with van der Waals surface area (Å²) in [7, 11) is 0. The first-order valence-electron chi connectivity index (χ1n) is 11.8. The van der Waals surface area contributed by atoms with Gasteiger partial charge in [0, 0.05) is 28.1 Å². The number of rotatable bonds is 6. The van der Waals surface area contributed by atoms with E-state index in [1.54, 1.807) is 12.1 Å². The van der Waals surface area contributed by atoms with Crippen LogP contribution in [-0.2, 0) is 15.2 Å². The van der Waals surface area contributed by atoms with E-state index in [-0.39, 0.29) is 29.8 Å². The van der Waals surface area contributed by atoms with E-state index >= 15 is 0 Å². The molecule has 1 fully saturated rings. The number of carbonyl (C=O) groups is 1. The summed E-state index contributed by atoms with van der Waals surface area (Å²) in [5.74, 6) is -0.301. The SMILES string of the molecule is CCC(CC)N1C(=O)C(C)(C)C(C2(c3cccc(Cl)c3)C=C(O)NO2)CC1c1ccc(Cl)cc1. The van der Waals surface area contributed by atoms with E-state index in [1.807, 2.05) is 56.3 Å². The van der Waals surface area contributed by atoms with Crippen molar-refractivity contribution in [2.75, 3.05) is 0 Å². The van der Waals surface area contributed by atoms with Crippen LogP contribution < -0.4 is 5.48 Å². The molecule has 3 unspecified atom stereocenters. The maximum absolute atomic E-state index is 14.3. The number of hydroxylamine groups is 1. The summed E-state index contributed by atoms with van der Waals surface area (Å²) in [6.07, 6.45) is 4.04. The van der Waals surface area contributed by atoms with Crippen molar-refractivity contribution in [1.29, 1.82) is 0 Å². The summed E-state index contributed by atoms with van der Waals surface area (Å²) in [6.45, 7) is 8.20. The number of nitrogens with zero attached hydrogens (tertiary/aromatic N) is 1. The molecule has 2 heterocycles. The number of hydrogen-bond donors (Lipinski definition) is 2. The van der Waals surface area contributed by atoms with Gasteiger partial charge in [0.25, 0.3) is 0 Å². The zero-order valence-corrected chi connectivity index (χ0v) is 21.5. The second-order valence-electron chi connectivity index (χ2n) is 9.80. The van der Waals surface area contributed by atoms with Gasteiger partial charge in [-0.1, -0.05) is 75.2 Å². The van der Waals surface area contributed by atoms with Crippen LogP contribution in [0.3, 0.4) is 0 Å². The van der Waals surface area contributed by atoms with E-state index in [0.29, 0.717) is 16.5 Å². The Morgan fingerprint density at radius 2 is 1.79 bits per heavy atom. The normalized spacial score (nSPS) is 26.5. The van der Waals surface area contributed by atoms with Crippen LogP contribution in [0, 0.1) is 11.3 Å². The first kappa shape index (κ1) is 24.9. The van der Waals surface area contributed by atoms with Crippen LogP contribution in [0.2, 0.25) is 10.0 Å². The van der Waals surface area contributed by atoms with Crippen LogP contribution >= 0.6 is 23.2 Å². The maximum atomic E-state index is 14.3. The third-order valence-electron chi connectivity index (χ3n) is 7.51. The van der Waals surface area contributed by atoms with Crippen LogP contribution in [0.4, 0.5) is 0 Å². The lowest BCUT2D eigenvalue weighted by atomic mass is 9.60. The van der Waals surface area contributed by atoms with E-state index in [0.717, 1.165) is 24.0 Å². The van der Waals surface area contributed by atoms with E-state index in [1.165, 1.54) is 0 Å². The lowest BCUT2D eigenvalue weighted by molar-refractivity contribution is -0.179. The van der Waals surface area contributed by atoms with Gasteiger partial charge in [-0.05, 0) is 54.7 Å². The van der Waals surface area contributed by atoms with Gasteiger partial charge in [-0.2, -0.15) is 0 Å². The number of halogens is 2. The van der Waals surface area contributed by atoms with E-state index < -0.39 is 11.0 Å². The summed E-state index contributed by atoms with van der Waals surface area (Å²) < 4.78 is 0. The van der Waals surface area contributed by atoms with Crippen molar-refractivity contribution >= 4 is 29.1 Å². The average Bonchev–Trinajstić information content (AvgIpc) is 3.20. The van der Waals surface area contributed by atoms with E-state index in [4.69, 9.17) is 28.0 Å². The van der Waals surface area contributed by atoms with Gasteiger partial charge in [-0.3, -0.25) is 9.63 Å². The Balaban J connectivity index is 1.89. The fraction of sp³-hybridized carbons (Fsp3) is 0.444. The van der Waals surface area contributed by atoms with E-state index in [2.05, 4.69) is 24.2 Å². The molecule has 2 aromatic rings. The van der Waals surface area contributed by atoms with Crippen molar-refractivity contribution in [3.63, 3.8) is 0 Å².